The van der Waals surface area contributed by atoms with E-state index in [9.17, 15) is 5.11 Å². The van der Waals surface area contributed by atoms with Crippen molar-refractivity contribution in [2.24, 2.45) is 0 Å². The first kappa shape index (κ1) is 13.2. The van der Waals surface area contributed by atoms with Gasteiger partial charge in [0.25, 0.3) is 0 Å². The van der Waals surface area contributed by atoms with Crippen LogP contribution in [-0.2, 0) is 13.2 Å². The molecule has 0 aliphatic rings. The predicted octanol–water partition coefficient (Wildman–Crippen LogP) is 4.10. The minimum Gasteiger partial charge on any atom is -0.392 e. The molecule has 0 atom stereocenters. The van der Waals surface area contributed by atoms with Crippen molar-refractivity contribution in [2.75, 3.05) is 0 Å². The fraction of sp³-hybridized carbons (Fsp3) is 0.500. The third kappa shape index (κ3) is 2.94. The van der Waals surface area contributed by atoms with E-state index in [4.69, 9.17) is 0 Å². The van der Waals surface area contributed by atoms with Crippen molar-refractivity contribution >= 4 is 10.9 Å². The molecule has 0 aliphatic carbocycles. The number of nitrogens with zero attached hydrogens (tertiary/aromatic N) is 1. The smallest absolute Gasteiger partial charge is 0.0688 e. The molecule has 0 radical (unpaired) electrons. The van der Waals surface area contributed by atoms with E-state index in [1.807, 2.05) is 12.1 Å². The van der Waals surface area contributed by atoms with Gasteiger partial charge in [-0.15, -0.1) is 0 Å². The Hall–Kier alpha value is -1.28. The summed E-state index contributed by atoms with van der Waals surface area (Å²) >= 11 is 0. The molecule has 0 unspecified atom stereocenters. The Morgan fingerprint density at radius 2 is 1.89 bits per heavy atom. The monoisotopic (exact) mass is 245 g/mol. The lowest BCUT2D eigenvalue weighted by atomic mass is 10.1. The van der Waals surface area contributed by atoms with Gasteiger partial charge < -0.3 is 9.67 Å². The second-order valence-corrected chi connectivity index (χ2v) is 4.93. The standard InChI is InChI=1S/C16H23NO/c1-2-3-4-5-6-11-17-12-10-15-14(13-18)8-7-9-16(15)17/h7-10,12,18H,2-6,11,13H2,1H3. The highest BCUT2D eigenvalue weighted by Gasteiger charge is 2.04. The van der Waals surface area contributed by atoms with Gasteiger partial charge in [-0.05, 0) is 24.1 Å². The van der Waals surface area contributed by atoms with E-state index in [1.54, 1.807) is 0 Å². The Balaban J connectivity index is 2.01. The van der Waals surface area contributed by atoms with E-state index in [2.05, 4.69) is 29.8 Å². The van der Waals surface area contributed by atoms with Crippen LogP contribution in [0.4, 0.5) is 0 Å². The van der Waals surface area contributed by atoms with Crippen LogP contribution in [0, 0.1) is 0 Å². The molecule has 1 aromatic heterocycles. The number of rotatable bonds is 7. The van der Waals surface area contributed by atoms with Crippen molar-refractivity contribution in [1.82, 2.24) is 4.57 Å². The quantitative estimate of drug-likeness (QED) is 0.730. The number of aliphatic hydroxyl groups excluding tert-OH is 1. The van der Waals surface area contributed by atoms with E-state index in [0.717, 1.165) is 12.1 Å². The van der Waals surface area contributed by atoms with Gasteiger partial charge >= 0.3 is 0 Å². The second kappa shape index (κ2) is 6.60. The Labute approximate surface area is 109 Å². The minimum atomic E-state index is 0.123. The van der Waals surface area contributed by atoms with E-state index < -0.39 is 0 Å². The van der Waals surface area contributed by atoms with Crippen LogP contribution in [-0.4, -0.2) is 9.67 Å². The van der Waals surface area contributed by atoms with Gasteiger partial charge in [-0.2, -0.15) is 0 Å². The van der Waals surface area contributed by atoms with Gasteiger partial charge in [0.05, 0.1) is 6.61 Å². The van der Waals surface area contributed by atoms with E-state index >= 15 is 0 Å². The summed E-state index contributed by atoms with van der Waals surface area (Å²) in [5.41, 5.74) is 2.27. The Morgan fingerprint density at radius 1 is 1.06 bits per heavy atom. The van der Waals surface area contributed by atoms with Crippen molar-refractivity contribution in [1.29, 1.82) is 0 Å². The fourth-order valence-corrected chi connectivity index (χ4v) is 2.51. The van der Waals surface area contributed by atoms with Crippen LogP contribution >= 0.6 is 0 Å². The summed E-state index contributed by atoms with van der Waals surface area (Å²) < 4.78 is 2.31. The number of fused-ring (bicyclic) bond motifs is 1. The molecule has 2 heteroatoms. The molecule has 0 saturated heterocycles. The lowest BCUT2D eigenvalue weighted by Gasteiger charge is -2.06. The molecule has 2 aromatic rings. The third-order valence-electron chi connectivity index (χ3n) is 3.58. The second-order valence-electron chi connectivity index (χ2n) is 4.93. The van der Waals surface area contributed by atoms with Gasteiger partial charge in [0.1, 0.15) is 0 Å². The number of benzene rings is 1. The molecule has 2 nitrogen and oxygen atoms in total. The zero-order valence-corrected chi connectivity index (χ0v) is 11.2. The van der Waals surface area contributed by atoms with Crippen LogP contribution in [0.15, 0.2) is 30.5 Å². The third-order valence-corrected chi connectivity index (χ3v) is 3.58. The maximum Gasteiger partial charge on any atom is 0.0688 e. The normalized spacial score (nSPS) is 11.2. The van der Waals surface area contributed by atoms with E-state index in [-0.39, 0.29) is 6.61 Å². The Bertz CT molecular complexity index is 487. The molecular formula is C16H23NO. The van der Waals surface area contributed by atoms with Crippen LogP contribution in [0.5, 0.6) is 0 Å². The van der Waals surface area contributed by atoms with Crippen molar-refractivity contribution in [3.63, 3.8) is 0 Å². The number of hydrogen-bond acceptors (Lipinski definition) is 1. The first-order chi connectivity index (χ1) is 8.86. The number of aromatic nitrogens is 1. The maximum atomic E-state index is 9.31. The predicted molar refractivity (Wildman–Crippen MR) is 76.6 cm³/mol. The molecule has 0 saturated carbocycles. The molecule has 2 rings (SSSR count). The highest BCUT2D eigenvalue weighted by molar-refractivity contribution is 5.83. The summed E-state index contributed by atoms with van der Waals surface area (Å²) in [5.74, 6) is 0. The fourth-order valence-electron chi connectivity index (χ4n) is 2.51. The molecular weight excluding hydrogens is 222 g/mol. The highest BCUT2D eigenvalue weighted by Crippen LogP contribution is 2.21. The van der Waals surface area contributed by atoms with Crippen LogP contribution < -0.4 is 0 Å². The molecule has 98 valence electrons. The van der Waals surface area contributed by atoms with Crippen molar-refractivity contribution in [3.8, 4) is 0 Å². The topological polar surface area (TPSA) is 25.2 Å². The van der Waals surface area contributed by atoms with Gasteiger partial charge in [0, 0.05) is 23.6 Å². The highest BCUT2D eigenvalue weighted by atomic mass is 16.3. The van der Waals surface area contributed by atoms with Crippen molar-refractivity contribution in [3.05, 3.63) is 36.0 Å². The number of unbranched alkanes of at least 4 members (excludes halogenated alkanes) is 4. The molecule has 18 heavy (non-hydrogen) atoms. The summed E-state index contributed by atoms with van der Waals surface area (Å²) in [6.45, 7) is 3.45. The number of aryl methyl sites for hydroxylation is 1. The van der Waals surface area contributed by atoms with E-state index in [1.165, 1.54) is 43.0 Å². The van der Waals surface area contributed by atoms with Crippen molar-refractivity contribution < 1.29 is 5.11 Å². The van der Waals surface area contributed by atoms with Crippen molar-refractivity contribution in [2.45, 2.75) is 52.2 Å². The summed E-state index contributed by atoms with van der Waals surface area (Å²) in [5, 5.41) is 10.5. The van der Waals surface area contributed by atoms with Gasteiger partial charge in [-0.25, -0.2) is 0 Å². The van der Waals surface area contributed by atoms with Gasteiger partial charge in [-0.1, -0.05) is 44.7 Å². The summed E-state index contributed by atoms with van der Waals surface area (Å²) in [6.07, 6.45) is 8.69. The average molecular weight is 245 g/mol. The largest absolute Gasteiger partial charge is 0.392 e. The van der Waals surface area contributed by atoms with Crippen LogP contribution in [0.2, 0.25) is 0 Å². The maximum absolute atomic E-state index is 9.31. The average Bonchev–Trinajstić information content (AvgIpc) is 2.82. The van der Waals surface area contributed by atoms with Gasteiger partial charge in [0.15, 0.2) is 0 Å². The van der Waals surface area contributed by atoms with Gasteiger partial charge in [-0.3, -0.25) is 0 Å². The summed E-state index contributed by atoms with van der Waals surface area (Å²) in [4.78, 5) is 0. The Morgan fingerprint density at radius 3 is 2.67 bits per heavy atom. The molecule has 1 N–H and O–H groups in total. The number of aliphatic hydroxyl groups is 1. The van der Waals surface area contributed by atoms with Crippen LogP contribution in [0.1, 0.15) is 44.6 Å². The molecule has 1 aromatic carbocycles. The SMILES string of the molecule is CCCCCCCn1ccc2c(CO)cccc21. The lowest BCUT2D eigenvalue weighted by Crippen LogP contribution is -1.96. The van der Waals surface area contributed by atoms with Gasteiger partial charge in [0.2, 0.25) is 0 Å². The minimum absolute atomic E-state index is 0.123. The molecule has 0 aliphatic heterocycles. The first-order valence-corrected chi connectivity index (χ1v) is 7.04. The lowest BCUT2D eigenvalue weighted by molar-refractivity contribution is 0.283. The van der Waals surface area contributed by atoms with E-state index in [0.29, 0.717) is 0 Å². The van der Waals surface area contributed by atoms with Crippen LogP contribution in [0.25, 0.3) is 10.9 Å². The zero-order valence-electron chi connectivity index (χ0n) is 11.2. The molecule has 1 heterocycles. The van der Waals surface area contributed by atoms with Crippen LogP contribution in [0.3, 0.4) is 0 Å². The first-order valence-electron chi connectivity index (χ1n) is 7.04. The summed E-state index contributed by atoms with van der Waals surface area (Å²) in [7, 11) is 0. The molecule has 0 fully saturated rings. The number of hydrogen-bond donors (Lipinski definition) is 1. The molecule has 0 bridgehead atoms. The zero-order chi connectivity index (χ0) is 12.8. The summed E-state index contributed by atoms with van der Waals surface area (Å²) in [6, 6.07) is 8.28. The molecule has 0 spiro atoms. The molecule has 0 amide bonds. The Kier molecular flexibility index (Phi) is 4.82.